The number of aldehydes is 1. The highest BCUT2D eigenvalue weighted by Crippen LogP contribution is 2.36. The van der Waals surface area contributed by atoms with Crippen LogP contribution in [0.2, 0.25) is 0 Å². The normalized spacial score (nSPS) is 13.0. The molecule has 1 N–H and O–H groups in total. The van der Waals surface area contributed by atoms with Gasteiger partial charge in [-0.3, -0.25) is 4.79 Å². The van der Waals surface area contributed by atoms with Crippen LogP contribution in [0.3, 0.4) is 0 Å². The molecule has 1 aliphatic rings. The molecule has 2 aromatic heterocycles. The van der Waals surface area contributed by atoms with E-state index in [1.165, 1.54) is 0 Å². The molecule has 0 saturated carbocycles. The maximum absolute atomic E-state index is 12.4. The average molecular weight is 522 g/mol. The van der Waals surface area contributed by atoms with Gasteiger partial charge in [-0.15, -0.1) is 11.3 Å². The van der Waals surface area contributed by atoms with Crippen molar-refractivity contribution < 1.29 is 14.3 Å². The summed E-state index contributed by atoms with van der Waals surface area (Å²) >= 11 is 1.58. The Balaban J connectivity index is 0.000000233. The highest BCUT2D eigenvalue weighted by Gasteiger charge is 2.26. The molecular formula is C28H35N5O3S. The quantitative estimate of drug-likeness (QED) is 0.401. The molecule has 0 bridgehead atoms. The lowest BCUT2D eigenvalue weighted by Gasteiger charge is -2.27. The first-order valence-corrected chi connectivity index (χ1v) is 13.4. The fourth-order valence-electron chi connectivity index (χ4n) is 4.33. The Morgan fingerprint density at radius 2 is 2.16 bits per heavy atom. The van der Waals surface area contributed by atoms with Crippen molar-refractivity contribution >= 4 is 28.5 Å². The molecule has 0 fully saturated rings. The van der Waals surface area contributed by atoms with Crippen LogP contribution in [0.25, 0.3) is 0 Å². The van der Waals surface area contributed by atoms with Crippen molar-refractivity contribution in [2.24, 2.45) is 0 Å². The van der Waals surface area contributed by atoms with E-state index in [-0.39, 0.29) is 11.8 Å². The number of fused-ring (bicyclic) bond motifs is 1. The minimum Gasteiger partial charge on any atom is -0.494 e. The number of aromatic nitrogens is 2. The number of rotatable bonds is 9. The molecular weight excluding hydrogens is 486 g/mol. The molecule has 1 atom stereocenters. The van der Waals surface area contributed by atoms with E-state index in [4.69, 9.17) is 4.74 Å². The summed E-state index contributed by atoms with van der Waals surface area (Å²) < 4.78 is 7.43. The van der Waals surface area contributed by atoms with Gasteiger partial charge in [-0.05, 0) is 43.4 Å². The first kappa shape index (κ1) is 27.9. The minimum absolute atomic E-state index is 0.153. The second-order valence-corrected chi connectivity index (χ2v) is 10.0. The average Bonchev–Trinajstić information content (AvgIpc) is 3.50. The van der Waals surface area contributed by atoms with E-state index < -0.39 is 0 Å². The molecule has 37 heavy (non-hydrogen) atoms. The summed E-state index contributed by atoms with van der Waals surface area (Å²) in [4.78, 5) is 30.0. The number of nitrogens with zero attached hydrogens (tertiary/aromatic N) is 4. The molecule has 1 unspecified atom stereocenters. The molecule has 0 saturated heterocycles. The molecule has 1 aromatic carbocycles. The summed E-state index contributed by atoms with van der Waals surface area (Å²) in [6.07, 6.45) is 6.43. The Kier molecular flexibility index (Phi) is 10.3. The lowest BCUT2D eigenvalue weighted by molar-refractivity contribution is -0.132. The van der Waals surface area contributed by atoms with Crippen molar-refractivity contribution in [3.63, 3.8) is 0 Å². The third-order valence-electron chi connectivity index (χ3n) is 6.29. The van der Waals surface area contributed by atoms with E-state index in [1.807, 2.05) is 67.7 Å². The van der Waals surface area contributed by atoms with E-state index >= 15 is 0 Å². The molecule has 8 nitrogen and oxygen atoms in total. The number of ether oxygens (including phenoxy) is 1. The molecule has 0 radical (unpaired) electrons. The van der Waals surface area contributed by atoms with Gasteiger partial charge in [0.25, 0.3) is 0 Å². The van der Waals surface area contributed by atoms with Crippen molar-refractivity contribution in [3.05, 3.63) is 64.1 Å². The molecule has 9 heteroatoms. The number of para-hydroxylation sites is 1. The van der Waals surface area contributed by atoms with Gasteiger partial charge < -0.3 is 24.3 Å². The number of thiophene rings is 1. The number of carbonyl (C=O) groups excluding carboxylic acids is 2. The molecule has 3 heterocycles. The summed E-state index contributed by atoms with van der Waals surface area (Å²) in [6.45, 7) is 8.53. The highest BCUT2D eigenvalue weighted by molar-refractivity contribution is 7.16. The number of hydrogen-bond acceptors (Lipinski definition) is 7. The van der Waals surface area contributed by atoms with E-state index in [0.717, 1.165) is 50.7 Å². The van der Waals surface area contributed by atoms with Gasteiger partial charge in [-0.1, -0.05) is 25.1 Å². The van der Waals surface area contributed by atoms with Crippen molar-refractivity contribution in [3.8, 4) is 11.8 Å². The smallest absolute Gasteiger partial charge is 0.224 e. The van der Waals surface area contributed by atoms with Gasteiger partial charge in [-0.2, -0.15) is 5.26 Å². The molecule has 196 valence electrons. The van der Waals surface area contributed by atoms with Gasteiger partial charge in [0.2, 0.25) is 5.91 Å². The lowest BCUT2D eigenvalue weighted by atomic mass is 9.97. The van der Waals surface area contributed by atoms with E-state index in [9.17, 15) is 14.9 Å². The Morgan fingerprint density at radius 3 is 2.81 bits per heavy atom. The van der Waals surface area contributed by atoms with Crippen LogP contribution in [0.5, 0.6) is 5.75 Å². The summed E-state index contributed by atoms with van der Waals surface area (Å²) in [5, 5.41) is 13.3. The number of aryl methyl sites for hydroxylation is 2. The minimum atomic E-state index is 0.153. The van der Waals surface area contributed by atoms with Crippen LogP contribution in [0.1, 0.15) is 59.9 Å². The number of anilines is 1. The molecule has 4 rings (SSSR count). The third-order valence-corrected chi connectivity index (χ3v) is 7.53. The van der Waals surface area contributed by atoms with Crippen LogP contribution in [0.4, 0.5) is 5.00 Å². The summed E-state index contributed by atoms with van der Waals surface area (Å²) in [5.74, 6) is 1.28. The number of carbonyl (C=O) groups is 2. The highest BCUT2D eigenvalue weighted by atomic mass is 32.1. The van der Waals surface area contributed by atoms with E-state index in [2.05, 4.69) is 16.4 Å². The zero-order valence-corrected chi connectivity index (χ0v) is 22.8. The Labute approximate surface area is 222 Å². The fraction of sp³-hybridized carbons (Fsp3) is 0.429. The zero-order chi connectivity index (χ0) is 26.8. The van der Waals surface area contributed by atoms with Gasteiger partial charge in [0.1, 0.15) is 23.1 Å². The maximum Gasteiger partial charge on any atom is 0.224 e. The summed E-state index contributed by atoms with van der Waals surface area (Å²) in [6, 6.07) is 10.2. The van der Waals surface area contributed by atoms with Crippen LogP contribution < -0.4 is 10.1 Å². The fourth-order valence-corrected chi connectivity index (χ4v) is 5.50. The van der Waals surface area contributed by atoms with Crippen molar-refractivity contribution in [1.82, 2.24) is 14.5 Å². The van der Waals surface area contributed by atoms with Crippen LogP contribution in [0.15, 0.2) is 36.8 Å². The molecule has 1 amide bonds. The van der Waals surface area contributed by atoms with Crippen molar-refractivity contribution in [2.45, 2.75) is 59.0 Å². The number of benzene rings is 1. The Morgan fingerprint density at radius 1 is 1.38 bits per heavy atom. The van der Waals surface area contributed by atoms with E-state index in [1.54, 1.807) is 17.7 Å². The van der Waals surface area contributed by atoms with Gasteiger partial charge in [0, 0.05) is 44.1 Å². The van der Waals surface area contributed by atoms with E-state index in [0.29, 0.717) is 39.1 Å². The van der Waals surface area contributed by atoms with Crippen LogP contribution in [-0.2, 0) is 29.1 Å². The van der Waals surface area contributed by atoms with Crippen LogP contribution in [0, 0.1) is 18.3 Å². The number of nitrogens with one attached hydrogen (secondary N) is 1. The number of imidazole rings is 1. The zero-order valence-electron chi connectivity index (χ0n) is 22.0. The largest absolute Gasteiger partial charge is 0.494 e. The van der Waals surface area contributed by atoms with Crippen molar-refractivity contribution in [1.29, 1.82) is 5.26 Å². The second kappa shape index (κ2) is 13.6. The molecule has 3 aromatic rings. The van der Waals surface area contributed by atoms with Crippen LogP contribution >= 0.6 is 11.3 Å². The second-order valence-electron chi connectivity index (χ2n) is 8.91. The first-order chi connectivity index (χ1) is 17.9. The molecule has 1 aliphatic heterocycles. The molecule has 0 aliphatic carbocycles. The van der Waals surface area contributed by atoms with Gasteiger partial charge in [-0.25, -0.2) is 4.98 Å². The SMILES string of the molecule is CCOc1ccccc1C(C)CC=O.CNc1sc2c(c1C#N)CCN(C(=O)CCn1cnc(C)c1)C2. The first-order valence-electron chi connectivity index (χ1n) is 12.6. The maximum atomic E-state index is 12.4. The number of nitriles is 1. The standard InChI is InChI=1S/C16H19N5OS.C12H16O2/c1-11-8-20(10-19-11)5-4-15(22)21-6-3-12-13(7-17)16(18-2)23-14(12)9-21;1-3-14-12-7-5-4-6-11(12)10(2)8-9-13/h8,10,18H,3-6,9H2,1-2H3;4-7,9-10H,3,8H2,1-2H3. The summed E-state index contributed by atoms with van der Waals surface area (Å²) in [7, 11) is 1.83. The third kappa shape index (κ3) is 7.20. The molecule has 0 spiro atoms. The monoisotopic (exact) mass is 521 g/mol. The topological polar surface area (TPSA) is 100 Å². The Bertz CT molecular complexity index is 1240. The van der Waals surface area contributed by atoms with Crippen LogP contribution in [-0.4, -0.2) is 46.8 Å². The lowest BCUT2D eigenvalue weighted by Crippen LogP contribution is -2.35. The van der Waals surface area contributed by atoms with Gasteiger partial charge >= 0.3 is 0 Å². The van der Waals surface area contributed by atoms with Gasteiger partial charge in [0.05, 0.1) is 30.7 Å². The Hall–Kier alpha value is -3.64. The van der Waals surface area contributed by atoms with Gasteiger partial charge in [0.15, 0.2) is 0 Å². The predicted octanol–water partition coefficient (Wildman–Crippen LogP) is 4.92. The summed E-state index contributed by atoms with van der Waals surface area (Å²) in [5.41, 5.74) is 3.92. The predicted molar refractivity (Wildman–Crippen MR) is 146 cm³/mol. The number of hydrogen-bond donors (Lipinski definition) is 1. The van der Waals surface area contributed by atoms with Crippen molar-refractivity contribution in [2.75, 3.05) is 25.5 Å². The number of amides is 1.